The molecule has 0 saturated heterocycles. The molecule has 5 nitrogen and oxygen atoms in total. The fraction of sp³-hybridized carbons (Fsp3) is 0.231. The normalized spacial score (nSPS) is 25.5. The molecular weight excluding hydrogens is 270 g/mol. The second-order valence-electron chi connectivity index (χ2n) is 4.63. The molecule has 1 heterocycles. The van der Waals surface area contributed by atoms with Crippen molar-refractivity contribution in [3.8, 4) is 0 Å². The largest absolute Gasteiger partial charge is 0.481 e. The van der Waals surface area contributed by atoms with E-state index in [1.165, 1.54) is 12.3 Å². The van der Waals surface area contributed by atoms with Crippen LogP contribution in [0.4, 0.5) is 0 Å². The van der Waals surface area contributed by atoms with Crippen LogP contribution in [0, 0.1) is 11.8 Å². The maximum absolute atomic E-state index is 12.2. The van der Waals surface area contributed by atoms with Crippen LogP contribution in [-0.2, 0) is 4.79 Å². The van der Waals surface area contributed by atoms with Gasteiger partial charge >= 0.3 is 5.97 Å². The van der Waals surface area contributed by atoms with Gasteiger partial charge in [-0.3, -0.25) is 9.59 Å². The molecule has 3 N–H and O–H groups in total. The van der Waals surface area contributed by atoms with Gasteiger partial charge in [-0.2, -0.15) is 0 Å². The van der Waals surface area contributed by atoms with Gasteiger partial charge in [0.1, 0.15) is 0 Å². The molecule has 1 saturated carbocycles. The Bertz CT molecular complexity index is 693. The summed E-state index contributed by atoms with van der Waals surface area (Å²) < 4.78 is 5.18. The fourth-order valence-electron chi connectivity index (χ4n) is 2.36. The number of halogens is 1. The number of rotatable bonds is 3. The lowest BCUT2D eigenvalue weighted by Crippen LogP contribution is -2.10. The first-order valence-corrected chi connectivity index (χ1v) is 6.08. The maximum Gasteiger partial charge on any atom is 0.308 e. The van der Waals surface area contributed by atoms with Gasteiger partial charge in [-0.05, 0) is 18.2 Å². The van der Waals surface area contributed by atoms with Gasteiger partial charge in [0.25, 0.3) is 0 Å². The summed E-state index contributed by atoms with van der Waals surface area (Å²) in [6, 6.07) is 4.19. The lowest BCUT2D eigenvalue weighted by atomic mass is 10.0. The Kier molecular flexibility index (Phi) is 2.62. The molecular formula is C13H10ClNO4. The van der Waals surface area contributed by atoms with Gasteiger partial charge in [0.15, 0.2) is 11.4 Å². The Hall–Kier alpha value is -1.85. The van der Waals surface area contributed by atoms with E-state index in [9.17, 15) is 9.59 Å². The first kappa shape index (κ1) is 12.2. The molecule has 3 rings (SSSR count). The van der Waals surface area contributed by atoms with Crippen molar-refractivity contribution in [2.24, 2.45) is 17.6 Å². The quantitative estimate of drug-likeness (QED) is 0.837. The number of hydrogen-bond acceptors (Lipinski definition) is 4. The average Bonchev–Trinajstić information content (AvgIpc) is 2.82. The summed E-state index contributed by atoms with van der Waals surface area (Å²) in [7, 11) is 0. The Morgan fingerprint density at radius 1 is 1.32 bits per heavy atom. The summed E-state index contributed by atoms with van der Waals surface area (Å²) in [4.78, 5) is 23.1. The first-order valence-electron chi connectivity index (χ1n) is 5.70. The van der Waals surface area contributed by atoms with Crippen LogP contribution in [0.1, 0.15) is 10.4 Å². The van der Waals surface area contributed by atoms with Crippen LogP contribution in [0.2, 0.25) is 5.02 Å². The highest BCUT2D eigenvalue weighted by molar-refractivity contribution is 6.35. The van der Waals surface area contributed by atoms with E-state index in [2.05, 4.69) is 0 Å². The average molecular weight is 280 g/mol. The van der Waals surface area contributed by atoms with Gasteiger partial charge in [0.05, 0.1) is 23.1 Å². The van der Waals surface area contributed by atoms with Crippen LogP contribution in [0.5, 0.6) is 0 Å². The van der Waals surface area contributed by atoms with Gasteiger partial charge < -0.3 is 15.3 Å². The molecule has 0 spiro atoms. The summed E-state index contributed by atoms with van der Waals surface area (Å²) in [6.07, 6.45) is 1.48. The topological polar surface area (TPSA) is 93.5 Å². The number of furan rings is 1. The van der Waals surface area contributed by atoms with E-state index in [0.29, 0.717) is 21.6 Å². The third-order valence-electron chi connectivity index (χ3n) is 3.45. The number of carbonyl (C=O) groups is 2. The Labute approximate surface area is 112 Å². The second kappa shape index (κ2) is 4.08. The highest BCUT2D eigenvalue weighted by atomic mass is 35.5. The number of carbonyl (C=O) groups excluding carboxylic acids is 1. The maximum atomic E-state index is 12.2. The number of ketones is 1. The Morgan fingerprint density at radius 3 is 2.68 bits per heavy atom. The minimum Gasteiger partial charge on any atom is -0.481 e. The van der Waals surface area contributed by atoms with Crippen LogP contribution in [-0.4, -0.2) is 22.9 Å². The zero-order valence-electron chi connectivity index (χ0n) is 9.67. The number of benzene rings is 1. The van der Waals surface area contributed by atoms with Crippen LogP contribution in [0.25, 0.3) is 11.0 Å². The zero-order chi connectivity index (χ0) is 13.7. The Balaban J connectivity index is 1.97. The van der Waals surface area contributed by atoms with Crippen molar-refractivity contribution in [3.63, 3.8) is 0 Å². The van der Waals surface area contributed by atoms with E-state index in [-0.39, 0.29) is 5.78 Å². The molecule has 3 atom stereocenters. The van der Waals surface area contributed by atoms with Crippen molar-refractivity contribution < 1.29 is 19.1 Å². The number of Topliss-reactive ketones (excluding diaryl/α,β-unsaturated/α-hetero) is 1. The molecule has 1 aromatic carbocycles. The Morgan fingerprint density at radius 2 is 2.05 bits per heavy atom. The number of nitrogens with two attached hydrogens (primary N) is 1. The molecule has 3 unspecified atom stereocenters. The third kappa shape index (κ3) is 1.82. The van der Waals surface area contributed by atoms with E-state index in [0.717, 1.165) is 0 Å². The highest BCUT2D eigenvalue weighted by Gasteiger charge is 2.57. The molecule has 1 aromatic heterocycles. The van der Waals surface area contributed by atoms with E-state index >= 15 is 0 Å². The summed E-state index contributed by atoms with van der Waals surface area (Å²) in [5.41, 5.74) is 6.50. The molecule has 0 aliphatic heterocycles. The summed E-state index contributed by atoms with van der Waals surface area (Å²) >= 11 is 6.01. The van der Waals surface area contributed by atoms with Crippen LogP contribution in [0.3, 0.4) is 0 Å². The van der Waals surface area contributed by atoms with Crippen molar-refractivity contribution in [1.82, 2.24) is 0 Å². The predicted molar refractivity (Wildman–Crippen MR) is 68.1 cm³/mol. The van der Waals surface area contributed by atoms with Gasteiger partial charge in [-0.15, -0.1) is 0 Å². The molecule has 1 aliphatic carbocycles. The fourth-order valence-corrected chi connectivity index (χ4v) is 2.63. The van der Waals surface area contributed by atoms with E-state index in [4.69, 9.17) is 26.9 Å². The molecule has 0 amide bonds. The van der Waals surface area contributed by atoms with Crippen molar-refractivity contribution in [2.75, 3.05) is 0 Å². The smallest absolute Gasteiger partial charge is 0.308 e. The van der Waals surface area contributed by atoms with E-state index < -0.39 is 23.8 Å². The van der Waals surface area contributed by atoms with Gasteiger partial charge in [0.2, 0.25) is 0 Å². The van der Waals surface area contributed by atoms with Gasteiger partial charge in [0, 0.05) is 17.0 Å². The van der Waals surface area contributed by atoms with Crippen LogP contribution >= 0.6 is 11.6 Å². The molecule has 19 heavy (non-hydrogen) atoms. The number of carboxylic acid groups (broad SMARTS) is 1. The minimum atomic E-state index is -1.04. The lowest BCUT2D eigenvalue weighted by molar-refractivity contribution is -0.138. The minimum absolute atomic E-state index is 0.287. The van der Waals surface area contributed by atoms with Crippen molar-refractivity contribution >= 4 is 34.3 Å². The molecule has 6 heteroatoms. The molecule has 0 radical (unpaired) electrons. The summed E-state index contributed by atoms with van der Waals surface area (Å²) in [5.74, 6) is -2.80. The summed E-state index contributed by atoms with van der Waals surface area (Å²) in [5, 5.41) is 9.94. The van der Waals surface area contributed by atoms with Crippen molar-refractivity contribution in [2.45, 2.75) is 6.04 Å². The zero-order valence-corrected chi connectivity index (χ0v) is 10.4. The van der Waals surface area contributed by atoms with Crippen molar-refractivity contribution in [1.29, 1.82) is 0 Å². The molecule has 98 valence electrons. The molecule has 1 fully saturated rings. The summed E-state index contributed by atoms with van der Waals surface area (Å²) in [6.45, 7) is 0. The van der Waals surface area contributed by atoms with E-state index in [1.54, 1.807) is 12.1 Å². The molecule has 2 aromatic rings. The van der Waals surface area contributed by atoms with Crippen LogP contribution in [0.15, 0.2) is 28.9 Å². The lowest BCUT2D eigenvalue weighted by Gasteiger charge is -2.01. The number of aliphatic carboxylic acids is 1. The monoisotopic (exact) mass is 279 g/mol. The van der Waals surface area contributed by atoms with Crippen LogP contribution < -0.4 is 5.73 Å². The molecule has 0 bridgehead atoms. The second-order valence-corrected chi connectivity index (χ2v) is 5.04. The SMILES string of the molecule is NC1C(C(=O)O)C1C(=O)c1cc(Cl)c2occc2c1. The standard InChI is InChI=1S/C13H10ClNO4/c14-7-4-6(3-5-1-2-19-12(5)7)11(16)8-9(10(8)15)13(17)18/h1-4,8-10H,15H2,(H,17,18). The highest BCUT2D eigenvalue weighted by Crippen LogP contribution is 2.41. The van der Waals surface area contributed by atoms with Crippen molar-refractivity contribution in [3.05, 3.63) is 35.0 Å². The van der Waals surface area contributed by atoms with Gasteiger partial charge in [-0.1, -0.05) is 11.6 Å². The third-order valence-corrected chi connectivity index (χ3v) is 3.73. The number of fused-ring (bicyclic) bond motifs is 1. The van der Waals surface area contributed by atoms with Gasteiger partial charge in [-0.25, -0.2) is 0 Å². The predicted octanol–water partition coefficient (Wildman–Crippen LogP) is 1.93. The first-order chi connectivity index (χ1) is 9.00. The van der Waals surface area contributed by atoms with E-state index in [1.807, 2.05) is 0 Å². The molecule has 1 aliphatic rings. The number of carboxylic acids is 1. The number of hydrogen-bond donors (Lipinski definition) is 2.